The number of furan rings is 1. The Balaban J connectivity index is 1.55. The Morgan fingerprint density at radius 1 is 1.26 bits per heavy atom. The predicted molar refractivity (Wildman–Crippen MR) is 110 cm³/mol. The lowest BCUT2D eigenvalue weighted by Crippen LogP contribution is -2.33. The summed E-state index contributed by atoms with van der Waals surface area (Å²) in [6.45, 7) is 1.51. The summed E-state index contributed by atoms with van der Waals surface area (Å²) in [6, 6.07) is 3.31. The molecule has 0 spiro atoms. The number of nitrogens with zero attached hydrogens (tertiary/aromatic N) is 1. The Kier molecular flexibility index (Phi) is 5.85. The van der Waals surface area contributed by atoms with Crippen LogP contribution in [-0.4, -0.2) is 38.5 Å². The van der Waals surface area contributed by atoms with Gasteiger partial charge in [0.15, 0.2) is 0 Å². The van der Waals surface area contributed by atoms with Gasteiger partial charge < -0.3 is 20.0 Å². The first kappa shape index (κ1) is 21.5. The average molecular weight is 437 g/mol. The van der Waals surface area contributed by atoms with Gasteiger partial charge in [-0.15, -0.1) is 0 Å². The smallest absolute Gasteiger partial charge is 0.416 e. The van der Waals surface area contributed by atoms with Gasteiger partial charge in [-0.1, -0.05) is 0 Å². The van der Waals surface area contributed by atoms with Crippen LogP contribution < -0.4 is 15.5 Å². The summed E-state index contributed by atoms with van der Waals surface area (Å²) >= 11 is 0. The zero-order valence-corrected chi connectivity index (χ0v) is 17.3. The number of benzene rings is 1. The Morgan fingerprint density at radius 2 is 2.00 bits per heavy atom. The summed E-state index contributed by atoms with van der Waals surface area (Å²) < 4.78 is 45.4. The van der Waals surface area contributed by atoms with Gasteiger partial charge in [0.1, 0.15) is 5.58 Å². The van der Waals surface area contributed by atoms with Gasteiger partial charge in [-0.3, -0.25) is 9.59 Å². The molecule has 4 rings (SSSR count). The van der Waals surface area contributed by atoms with E-state index in [1.54, 1.807) is 7.05 Å². The first-order chi connectivity index (χ1) is 14.8. The Labute approximate surface area is 178 Å². The first-order valence-corrected chi connectivity index (χ1v) is 10.7. The summed E-state index contributed by atoms with van der Waals surface area (Å²) in [5, 5.41) is 5.78. The molecule has 31 heavy (non-hydrogen) atoms. The van der Waals surface area contributed by atoms with Crippen LogP contribution in [0.1, 0.15) is 48.2 Å². The standard InChI is InChI=1S/C22H26F3N3O3/c1-26-20(29)14-4-2-13(3-5-14)8-10-28-11-9-27-21(30)19-18(28)16-12-15(22(23,24)25)6-7-17(16)31-19/h6-7,12-14H,2-5,8-11H2,1H3,(H,26,29)(H,27,30). The number of anilines is 1. The number of fused-ring (bicyclic) bond motifs is 3. The predicted octanol–water partition coefficient (Wildman–Crippen LogP) is 3.94. The number of nitrogens with one attached hydrogen (secondary N) is 2. The van der Waals surface area contributed by atoms with Gasteiger partial charge in [0, 0.05) is 38.0 Å². The van der Waals surface area contributed by atoms with Crippen LogP contribution in [0.2, 0.25) is 0 Å². The summed E-state index contributed by atoms with van der Waals surface area (Å²) in [5.41, 5.74) is -0.0537. The second kappa shape index (κ2) is 8.43. The molecule has 2 aliphatic rings. The topological polar surface area (TPSA) is 74.6 Å². The quantitative estimate of drug-likeness (QED) is 0.760. The number of amides is 2. The summed E-state index contributed by atoms with van der Waals surface area (Å²) in [7, 11) is 1.65. The summed E-state index contributed by atoms with van der Waals surface area (Å²) in [5.74, 6) is 0.251. The van der Waals surface area contributed by atoms with Gasteiger partial charge in [0.05, 0.1) is 11.3 Å². The maximum Gasteiger partial charge on any atom is 0.416 e. The van der Waals surface area contributed by atoms with Gasteiger partial charge in [0.2, 0.25) is 11.7 Å². The van der Waals surface area contributed by atoms with Crippen molar-refractivity contribution in [2.75, 3.05) is 31.6 Å². The van der Waals surface area contributed by atoms with Crippen molar-refractivity contribution in [2.24, 2.45) is 11.8 Å². The van der Waals surface area contributed by atoms with Crippen molar-refractivity contribution < 1.29 is 27.2 Å². The van der Waals surface area contributed by atoms with Crippen LogP contribution in [0.25, 0.3) is 11.0 Å². The van der Waals surface area contributed by atoms with E-state index >= 15 is 0 Å². The van der Waals surface area contributed by atoms with Gasteiger partial charge in [-0.25, -0.2) is 0 Å². The molecule has 1 aliphatic heterocycles. The van der Waals surface area contributed by atoms with Crippen LogP contribution >= 0.6 is 0 Å². The molecule has 1 aromatic heterocycles. The zero-order chi connectivity index (χ0) is 22.2. The summed E-state index contributed by atoms with van der Waals surface area (Å²) in [6.07, 6.45) is -0.0433. The van der Waals surface area contributed by atoms with Crippen LogP contribution in [0.15, 0.2) is 22.6 Å². The minimum Gasteiger partial charge on any atom is -0.449 e. The molecule has 0 saturated heterocycles. The van der Waals surface area contributed by atoms with Crippen LogP contribution in [0.5, 0.6) is 0 Å². The third-order valence-electron chi connectivity index (χ3n) is 6.45. The second-order valence-corrected chi connectivity index (χ2v) is 8.35. The van der Waals surface area contributed by atoms with E-state index in [0.717, 1.165) is 44.2 Å². The van der Waals surface area contributed by atoms with Crippen molar-refractivity contribution in [3.63, 3.8) is 0 Å². The van der Waals surface area contributed by atoms with Crippen LogP contribution in [0.4, 0.5) is 18.9 Å². The Bertz CT molecular complexity index is 978. The molecule has 1 aliphatic carbocycles. The fraction of sp³-hybridized carbons (Fsp3) is 0.545. The molecule has 1 aromatic carbocycles. The highest BCUT2D eigenvalue weighted by atomic mass is 19.4. The van der Waals surface area contributed by atoms with E-state index in [-0.39, 0.29) is 23.2 Å². The lowest BCUT2D eigenvalue weighted by atomic mass is 9.80. The lowest BCUT2D eigenvalue weighted by Gasteiger charge is -2.30. The van der Waals surface area contributed by atoms with Crippen molar-refractivity contribution in [3.05, 3.63) is 29.5 Å². The fourth-order valence-electron chi connectivity index (χ4n) is 4.70. The monoisotopic (exact) mass is 437 g/mol. The number of carbonyl (C=O) groups is 2. The Morgan fingerprint density at radius 3 is 2.68 bits per heavy atom. The number of hydrogen-bond donors (Lipinski definition) is 2. The maximum absolute atomic E-state index is 13.3. The second-order valence-electron chi connectivity index (χ2n) is 8.35. The first-order valence-electron chi connectivity index (χ1n) is 10.7. The van der Waals surface area contributed by atoms with Crippen molar-refractivity contribution in [2.45, 2.75) is 38.3 Å². The van der Waals surface area contributed by atoms with Crippen LogP contribution in [-0.2, 0) is 11.0 Å². The van der Waals surface area contributed by atoms with E-state index in [1.165, 1.54) is 6.07 Å². The average Bonchev–Trinajstić information content (AvgIpc) is 3.06. The Hall–Kier alpha value is -2.71. The van der Waals surface area contributed by atoms with Crippen molar-refractivity contribution >= 4 is 28.5 Å². The van der Waals surface area contributed by atoms with E-state index in [4.69, 9.17) is 4.42 Å². The molecule has 1 saturated carbocycles. The van der Waals surface area contributed by atoms with Crippen molar-refractivity contribution in [3.8, 4) is 0 Å². The van der Waals surface area contributed by atoms with Crippen LogP contribution in [0, 0.1) is 11.8 Å². The normalized spacial score (nSPS) is 22.1. The number of rotatable bonds is 4. The highest BCUT2D eigenvalue weighted by molar-refractivity contribution is 6.07. The zero-order valence-electron chi connectivity index (χ0n) is 17.3. The highest BCUT2D eigenvalue weighted by Crippen LogP contribution is 2.40. The fourth-order valence-corrected chi connectivity index (χ4v) is 4.70. The molecule has 0 bridgehead atoms. The summed E-state index contributed by atoms with van der Waals surface area (Å²) in [4.78, 5) is 26.2. The molecule has 2 aromatic rings. The number of hydrogen-bond acceptors (Lipinski definition) is 4. The van der Waals surface area contributed by atoms with Gasteiger partial charge >= 0.3 is 6.18 Å². The minimum atomic E-state index is -4.47. The number of carbonyl (C=O) groups excluding carboxylic acids is 2. The van der Waals surface area contributed by atoms with Crippen molar-refractivity contribution in [1.29, 1.82) is 0 Å². The molecule has 1 fully saturated rings. The van der Waals surface area contributed by atoms with E-state index in [1.807, 2.05) is 4.90 Å². The van der Waals surface area contributed by atoms with E-state index in [2.05, 4.69) is 10.6 Å². The van der Waals surface area contributed by atoms with Crippen LogP contribution in [0.3, 0.4) is 0 Å². The molecule has 2 heterocycles. The third-order valence-corrected chi connectivity index (χ3v) is 6.45. The third kappa shape index (κ3) is 4.36. The van der Waals surface area contributed by atoms with Gasteiger partial charge in [-0.05, 0) is 56.2 Å². The SMILES string of the molecule is CNC(=O)C1CCC(CCN2CCNC(=O)c3oc4ccc(C(F)(F)F)cc4c32)CC1. The molecule has 0 unspecified atom stereocenters. The highest BCUT2D eigenvalue weighted by Gasteiger charge is 2.34. The van der Waals surface area contributed by atoms with Crippen molar-refractivity contribution in [1.82, 2.24) is 10.6 Å². The van der Waals surface area contributed by atoms with E-state index in [9.17, 15) is 22.8 Å². The molecular formula is C22H26F3N3O3. The molecular weight excluding hydrogens is 411 g/mol. The number of halogens is 3. The molecule has 2 amide bonds. The molecule has 6 nitrogen and oxygen atoms in total. The molecule has 0 radical (unpaired) electrons. The molecule has 0 atom stereocenters. The molecule has 2 N–H and O–H groups in total. The van der Waals surface area contributed by atoms with E-state index in [0.29, 0.717) is 36.6 Å². The molecule has 9 heteroatoms. The van der Waals surface area contributed by atoms with E-state index < -0.39 is 17.6 Å². The minimum absolute atomic E-state index is 0.0615. The molecule has 168 valence electrons. The maximum atomic E-state index is 13.3. The lowest BCUT2D eigenvalue weighted by molar-refractivity contribution is -0.137. The van der Waals surface area contributed by atoms with Gasteiger partial charge in [0.25, 0.3) is 5.91 Å². The van der Waals surface area contributed by atoms with Gasteiger partial charge in [-0.2, -0.15) is 13.2 Å². The number of alkyl halides is 3. The largest absolute Gasteiger partial charge is 0.449 e.